The number of halogens is 2. The highest BCUT2D eigenvalue weighted by atomic mass is 19.1. The molecule has 0 saturated heterocycles. The zero-order valence-corrected chi connectivity index (χ0v) is 11.2. The molecule has 0 amide bonds. The Balaban J connectivity index is 2.36. The van der Waals surface area contributed by atoms with E-state index in [1.807, 2.05) is 37.3 Å². The molecule has 0 spiro atoms. The first-order valence-corrected chi connectivity index (χ1v) is 6.50. The summed E-state index contributed by atoms with van der Waals surface area (Å²) < 4.78 is 32.8. The molecule has 0 fully saturated rings. The van der Waals surface area contributed by atoms with Crippen LogP contribution in [0, 0.1) is 11.6 Å². The Labute approximate surface area is 117 Å². The normalized spacial score (nSPS) is 14.0. The van der Waals surface area contributed by atoms with Gasteiger partial charge in [-0.1, -0.05) is 30.3 Å². The summed E-state index contributed by atoms with van der Waals surface area (Å²) in [7, 11) is 0. The molecule has 0 bridgehead atoms. The lowest BCUT2D eigenvalue weighted by Crippen LogP contribution is -2.23. The van der Waals surface area contributed by atoms with Crippen LogP contribution in [0.25, 0.3) is 0 Å². The molecule has 0 aromatic heterocycles. The Morgan fingerprint density at radius 1 is 1.10 bits per heavy atom. The van der Waals surface area contributed by atoms with Crippen LogP contribution >= 0.6 is 0 Å². The van der Waals surface area contributed by atoms with Crippen molar-refractivity contribution < 1.29 is 13.5 Å². The van der Waals surface area contributed by atoms with Crippen LogP contribution in [0.1, 0.15) is 30.2 Å². The number of rotatable bonds is 5. The van der Waals surface area contributed by atoms with Gasteiger partial charge in [0, 0.05) is 12.2 Å². The van der Waals surface area contributed by atoms with E-state index < -0.39 is 23.8 Å². The second kappa shape index (κ2) is 6.59. The van der Waals surface area contributed by atoms with E-state index in [1.54, 1.807) is 0 Å². The molecule has 2 nitrogen and oxygen atoms in total. The monoisotopic (exact) mass is 277 g/mol. The fourth-order valence-electron chi connectivity index (χ4n) is 2.16. The van der Waals surface area contributed by atoms with Gasteiger partial charge in [-0.05, 0) is 30.7 Å². The van der Waals surface area contributed by atoms with Crippen molar-refractivity contribution in [1.29, 1.82) is 0 Å². The molecule has 0 saturated carbocycles. The number of hydrogen-bond acceptors (Lipinski definition) is 2. The molecule has 0 aliphatic carbocycles. The van der Waals surface area contributed by atoms with Gasteiger partial charge in [0.15, 0.2) is 0 Å². The number of nitrogens with two attached hydrogens (primary N) is 1. The van der Waals surface area contributed by atoms with Gasteiger partial charge in [-0.3, -0.25) is 0 Å². The van der Waals surface area contributed by atoms with Crippen LogP contribution in [0.2, 0.25) is 0 Å². The van der Waals surface area contributed by atoms with E-state index in [1.165, 1.54) is 0 Å². The summed E-state index contributed by atoms with van der Waals surface area (Å²) in [6, 6.07) is 11.8. The van der Waals surface area contributed by atoms with E-state index in [0.29, 0.717) is 6.61 Å². The SMILES string of the molecule is CCOC(c1ccccc1)C(N)c1cc(F)ccc1F. The summed E-state index contributed by atoms with van der Waals surface area (Å²) in [6.45, 7) is 2.27. The Kier molecular flexibility index (Phi) is 4.82. The van der Waals surface area contributed by atoms with Gasteiger partial charge in [0.2, 0.25) is 0 Å². The molecule has 20 heavy (non-hydrogen) atoms. The van der Waals surface area contributed by atoms with E-state index in [9.17, 15) is 8.78 Å². The highest BCUT2D eigenvalue weighted by Gasteiger charge is 2.24. The average molecular weight is 277 g/mol. The Hall–Kier alpha value is -1.78. The summed E-state index contributed by atoms with van der Waals surface area (Å²) >= 11 is 0. The van der Waals surface area contributed by atoms with Gasteiger partial charge < -0.3 is 10.5 Å². The largest absolute Gasteiger partial charge is 0.372 e. The van der Waals surface area contributed by atoms with Crippen LogP contribution in [0.15, 0.2) is 48.5 Å². The molecule has 0 aliphatic rings. The maximum absolute atomic E-state index is 13.8. The van der Waals surface area contributed by atoms with Crippen molar-refractivity contribution in [3.63, 3.8) is 0 Å². The fraction of sp³-hybridized carbons (Fsp3) is 0.250. The highest BCUT2D eigenvalue weighted by Crippen LogP contribution is 2.31. The first kappa shape index (κ1) is 14.6. The van der Waals surface area contributed by atoms with E-state index in [-0.39, 0.29) is 5.56 Å². The van der Waals surface area contributed by atoms with Gasteiger partial charge in [0.05, 0.1) is 6.04 Å². The second-order valence-corrected chi connectivity index (χ2v) is 4.48. The van der Waals surface area contributed by atoms with Gasteiger partial charge in [0.25, 0.3) is 0 Å². The van der Waals surface area contributed by atoms with E-state index in [0.717, 1.165) is 23.8 Å². The average Bonchev–Trinajstić information content (AvgIpc) is 2.47. The summed E-state index contributed by atoms with van der Waals surface area (Å²) in [5, 5.41) is 0. The van der Waals surface area contributed by atoms with Crippen LogP contribution in [-0.2, 0) is 4.74 Å². The minimum atomic E-state index is -0.770. The van der Waals surface area contributed by atoms with Crippen molar-refractivity contribution >= 4 is 0 Å². The summed E-state index contributed by atoms with van der Waals surface area (Å²) in [5.41, 5.74) is 7.05. The van der Waals surface area contributed by atoms with E-state index in [2.05, 4.69) is 0 Å². The zero-order valence-electron chi connectivity index (χ0n) is 11.2. The maximum Gasteiger partial charge on any atom is 0.128 e. The lowest BCUT2D eigenvalue weighted by Gasteiger charge is -2.25. The van der Waals surface area contributed by atoms with Crippen LogP contribution in [0.4, 0.5) is 8.78 Å². The third-order valence-corrected chi connectivity index (χ3v) is 3.12. The smallest absolute Gasteiger partial charge is 0.128 e. The summed E-state index contributed by atoms with van der Waals surface area (Å²) in [4.78, 5) is 0. The zero-order chi connectivity index (χ0) is 14.5. The van der Waals surface area contributed by atoms with Crippen LogP contribution < -0.4 is 5.73 Å². The molecule has 2 aromatic carbocycles. The highest BCUT2D eigenvalue weighted by molar-refractivity contribution is 5.27. The van der Waals surface area contributed by atoms with Crippen molar-refractivity contribution in [2.75, 3.05) is 6.61 Å². The quantitative estimate of drug-likeness (QED) is 0.903. The van der Waals surface area contributed by atoms with Gasteiger partial charge >= 0.3 is 0 Å². The molecular formula is C16H17F2NO. The van der Waals surface area contributed by atoms with E-state index >= 15 is 0 Å². The first-order chi connectivity index (χ1) is 9.63. The Morgan fingerprint density at radius 3 is 2.45 bits per heavy atom. The molecule has 0 heterocycles. The minimum absolute atomic E-state index is 0.118. The molecule has 0 aliphatic heterocycles. The van der Waals surface area contributed by atoms with Gasteiger partial charge in [0.1, 0.15) is 17.7 Å². The molecule has 2 N–H and O–H groups in total. The maximum atomic E-state index is 13.8. The summed E-state index contributed by atoms with van der Waals surface area (Å²) in [5.74, 6) is -1.04. The molecule has 2 unspecified atom stereocenters. The minimum Gasteiger partial charge on any atom is -0.372 e. The van der Waals surface area contributed by atoms with Gasteiger partial charge in [-0.15, -0.1) is 0 Å². The number of benzene rings is 2. The molecule has 2 aromatic rings. The molecule has 0 radical (unpaired) electrons. The predicted molar refractivity (Wildman–Crippen MR) is 74.1 cm³/mol. The molecule has 106 valence electrons. The van der Waals surface area contributed by atoms with Gasteiger partial charge in [-0.2, -0.15) is 0 Å². The molecule has 2 atom stereocenters. The molecule has 4 heteroatoms. The number of hydrogen-bond donors (Lipinski definition) is 1. The standard InChI is InChI=1S/C16H17F2NO/c1-2-20-16(11-6-4-3-5-7-11)15(19)13-10-12(17)8-9-14(13)18/h3-10,15-16H,2,19H2,1H3. The predicted octanol–water partition coefficient (Wildman–Crippen LogP) is 3.74. The fourth-order valence-corrected chi connectivity index (χ4v) is 2.16. The third kappa shape index (κ3) is 3.21. The summed E-state index contributed by atoms with van der Waals surface area (Å²) in [6.07, 6.45) is -0.516. The van der Waals surface area contributed by atoms with Crippen molar-refractivity contribution in [2.45, 2.75) is 19.1 Å². The van der Waals surface area contributed by atoms with Crippen LogP contribution in [0.3, 0.4) is 0 Å². The Morgan fingerprint density at radius 2 is 1.80 bits per heavy atom. The van der Waals surface area contributed by atoms with E-state index in [4.69, 9.17) is 10.5 Å². The molecule has 2 rings (SSSR count). The lowest BCUT2D eigenvalue weighted by atomic mass is 9.96. The molecular weight excluding hydrogens is 260 g/mol. The lowest BCUT2D eigenvalue weighted by molar-refractivity contribution is 0.0420. The van der Waals surface area contributed by atoms with Crippen molar-refractivity contribution in [2.24, 2.45) is 5.73 Å². The van der Waals surface area contributed by atoms with Gasteiger partial charge in [-0.25, -0.2) is 8.78 Å². The van der Waals surface area contributed by atoms with Crippen molar-refractivity contribution in [3.8, 4) is 0 Å². The van der Waals surface area contributed by atoms with Crippen LogP contribution in [-0.4, -0.2) is 6.61 Å². The number of ether oxygens (including phenoxy) is 1. The first-order valence-electron chi connectivity index (χ1n) is 6.50. The topological polar surface area (TPSA) is 35.2 Å². The van der Waals surface area contributed by atoms with Crippen molar-refractivity contribution in [1.82, 2.24) is 0 Å². The Bertz CT molecular complexity index is 560. The third-order valence-electron chi connectivity index (χ3n) is 3.12. The second-order valence-electron chi connectivity index (χ2n) is 4.48. The van der Waals surface area contributed by atoms with Crippen molar-refractivity contribution in [3.05, 3.63) is 71.3 Å². The van der Waals surface area contributed by atoms with Crippen LogP contribution in [0.5, 0.6) is 0 Å².